The molecule has 0 N–H and O–H groups in total. The molecule has 0 radical (unpaired) electrons. The lowest BCUT2D eigenvalue weighted by molar-refractivity contribution is 0.669. The number of pyridine rings is 1. The van der Waals surface area contributed by atoms with Gasteiger partial charge in [0, 0.05) is 54.6 Å². The van der Waals surface area contributed by atoms with Crippen molar-refractivity contribution in [3.63, 3.8) is 0 Å². The quantitative estimate of drug-likeness (QED) is 0.158. The number of benzene rings is 9. The van der Waals surface area contributed by atoms with Crippen molar-refractivity contribution in [2.24, 2.45) is 0 Å². The molecule has 0 amide bonds. The van der Waals surface area contributed by atoms with Crippen molar-refractivity contribution < 1.29 is 4.42 Å². The van der Waals surface area contributed by atoms with Crippen molar-refractivity contribution in [3.8, 4) is 67.3 Å². The van der Waals surface area contributed by atoms with Crippen LogP contribution in [0.15, 0.2) is 217 Å². The topological polar surface area (TPSA) is 51.8 Å². The Bertz CT molecular complexity index is 3600. The summed E-state index contributed by atoms with van der Waals surface area (Å²) in [5.74, 6) is 0.701. The zero-order chi connectivity index (χ0) is 40.3. The van der Waals surface area contributed by atoms with E-state index in [9.17, 15) is 0 Å². The largest absolute Gasteiger partial charge is 0.456 e. The van der Waals surface area contributed by atoms with Crippen LogP contribution < -0.4 is 0 Å². The SMILES string of the molecule is c1ccc(-c2ccc(-c3nc(-c4ccc(-c5ccc(-c6c7c(cc8c(-c9ccccc9)nc9ccccc9c68)oc6ccccc67)cc5)cc4)nc4ccccc34)cc2)cc1. The number of furan rings is 1. The van der Waals surface area contributed by atoms with E-state index in [1.807, 2.05) is 24.3 Å². The van der Waals surface area contributed by atoms with Crippen LogP contribution in [0.25, 0.3) is 122 Å². The average molecular weight is 778 g/mol. The zero-order valence-corrected chi connectivity index (χ0v) is 33.0. The van der Waals surface area contributed by atoms with Gasteiger partial charge in [0.15, 0.2) is 5.82 Å². The fourth-order valence-corrected chi connectivity index (χ4v) is 8.94. The summed E-state index contributed by atoms with van der Waals surface area (Å²) >= 11 is 0. The summed E-state index contributed by atoms with van der Waals surface area (Å²) < 4.78 is 6.61. The van der Waals surface area contributed by atoms with Gasteiger partial charge in [-0.1, -0.05) is 188 Å². The van der Waals surface area contributed by atoms with Crippen molar-refractivity contribution in [2.75, 3.05) is 0 Å². The van der Waals surface area contributed by atoms with Gasteiger partial charge in [0.1, 0.15) is 11.2 Å². The van der Waals surface area contributed by atoms with Crippen molar-refractivity contribution in [1.82, 2.24) is 15.0 Å². The maximum absolute atomic E-state index is 6.61. The highest BCUT2D eigenvalue weighted by Crippen LogP contribution is 2.46. The molecule has 9 aromatic carbocycles. The highest BCUT2D eigenvalue weighted by atomic mass is 16.3. The molecule has 0 aliphatic rings. The van der Waals surface area contributed by atoms with E-state index in [0.717, 1.165) is 99.5 Å². The maximum Gasteiger partial charge on any atom is 0.160 e. The monoisotopic (exact) mass is 777 g/mol. The Hall–Kier alpha value is -8.21. The van der Waals surface area contributed by atoms with E-state index in [-0.39, 0.29) is 0 Å². The van der Waals surface area contributed by atoms with E-state index >= 15 is 0 Å². The minimum atomic E-state index is 0.701. The summed E-state index contributed by atoms with van der Waals surface area (Å²) in [7, 11) is 0. The van der Waals surface area contributed by atoms with Gasteiger partial charge in [-0.15, -0.1) is 0 Å². The summed E-state index contributed by atoms with van der Waals surface area (Å²) in [5.41, 5.74) is 15.4. The molecule has 61 heavy (non-hydrogen) atoms. The summed E-state index contributed by atoms with van der Waals surface area (Å²) in [4.78, 5) is 15.5. The molecule has 0 aliphatic heterocycles. The Morgan fingerprint density at radius 2 is 0.738 bits per heavy atom. The average Bonchev–Trinajstić information content (AvgIpc) is 3.72. The van der Waals surface area contributed by atoms with E-state index < -0.39 is 0 Å². The predicted molar refractivity (Wildman–Crippen MR) is 252 cm³/mol. The van der Waals surface area contributed by atoms with Crippen molar-refractivity contribution in [3.05, 3.63) is 212 Å². The Labute approximate surface area is 352 Å². The third-order valence-electron chi connectivity index (χ3n) is 11.9. The number of hydrogen-bond donors (Lipinski definition) is 0. The van der Waals surface area contributed by atoms with Gasteiger partial charge in [-0.05, 0) is 52.1 Å². The Morgan fingerprint density at radius 3 is 1.41 bits per heavy atom. The first-order valence-electron chi connectivity index (χ1n) is 20.6. The highest BCUT2D eigenvalue weighted by molar-refractivity contribution is 6.27. The molecular weight excluding hydrogens is 743 g/mol. The third-order valence-corrected chi connectivity index (χ3v) is 11.9. The van der Waals surface area contributed by atoms with Gasteiger partial charge in [0.25, 0.3) is 0 Å². The van der Waals surface area contributed by atoms with E-state index in [2.05, 4.69) is 188 Å². The van der Waals surface area contributed by atoms with E-state index in [0.29, 0.717) is 5.82 Å². The lowest BCUT2D eigenvalue weighted by atomic mass is 9.89. The minimum Gasteiger partial charge on any atom is -0.456 e. The zero-order valence-electron chi connectivity index (χ0n) is 33.0. The van der Waals surface area contributed by atoms with E-state index in [1.165, 1.54) is 16.5 Å². The Morgan fingerprint density at radius 1 is 0.279 bits per heavy atom. The van der Waals surface area contributed by atoms with Gasteiger partial charge in [-0.25, -0.2) is 15.0 Å². The molecule has 3 heterocycles. The van der Waals surface area contributed by atoms with Crippen LogP contribution in [0.4, 0.5) is 0 Å². The van der Waals surface area contributed by atoms with Gasteiger partial charge in [0.2, 0.25) is 0 Å². The summed E-state index contributed by atoms with van der Waals surface area (Å²) in [6, 6.07) is 74.4. The normalized spacial score (nSPS) is 11.6. The van der Waals surface area contributed by atoms with Crippen LogP contribution in [0.1, 0.15) is 0 Å². The van der Waals surface area contributed by atoms with Crippen LogP contribution >= 0.6 is 0 Å². The number of aromatic nitrogens is 3. The maximum atomic E-state index is 6.61. The van der Waals surface area contributed by atoms with Crippen LogP contribution in [0.5, 0.6) is 0 Å². The van der Waals surface area contributed by atoms with E-state index in [4.69, 9.17) is 19.4 Å². The first-order chi connectivity index (χ1) is 30.2. The molecule has 12 rings (SSSR count). The van der Waals surface area contributed by atoms with Crippen LogP contribution in [-0.2, 0) is 0 Å². The number of para-hydroxylation sites is 3. The molecule has 0 atom stereocenters. The fourth-order valence-electron chi connectivity index (χ4n) is 8.94. The number of rotatable bonds is 6. The molecule has 284 valence electrons. The number of hydrogen-bond acceptors (Lipinski definition) is 4. The lowest BCUT2D eigenvalue weighted by Crippen LogP contribution is -1.95. The highest BCUT2D eigenvalue weighted by Gasteiger charge is 2.22. The van der Waals surface area contributed by atoms with Crippen molar-refractivity contribution >= 4 is 54.5 Å². The second-order valence-electron chi connectivity index (χ2n) is 15.5. The molecule has 0 spiro atoms. The predicted octanol–water partition coefficient (Wildman–Crippen LogP) is 15.2. The third kappa shape index (κ3) is 5.96. The van der Waals surface area contributed by atoms with Crippen LogP contribution in [0, 0.1) is 0 Å². The molecule has 0 saturated heterocycles. The molecule has 0 unspecified atom stereocenters. The van der Waals surface area contributed by atoms with Gasteiger partial charge < -0.3 is 4.42 Å². The molecule has 0 aliphatic carbocycles. The van der Waals surface area contributed by atoms with Crippen LogP contribution in [-0.4, -0.2) is 15.0 Å². The van der Waals surface area contributed by atoms with Gasteiger partial charge in [0.05, 0.1) is 22.4 Å². The minimum absolute atomic E-state index is 0.701. The second-order valence-corrected chi connectivity index (χ2v) is 15.5. The molecule has 4 nitrogen and oxygen atoms in total. The molecule has 12 aromatic rings. The lowest BCUT2D eigenvalue weighted by Gasteiger charge is -2.16. The molecule has 0 fully saturated rings. The molecule has 0 saturated carbocycles. The number of fused-ring (bicyclic) bond motifs is 7. The standard InChI is InChI=1S/C57H35N3O/c1-3-13-36(14-4-1)37-25-31-42(32-26-37)55-45-18-8-11-21-49(45)59-57(60-55)43-33-27-39(28-34-43)38-23-29-40(30-24-38)52-53-44-17-7-10-20-48(44)58-56(41-15-5-2-6-16-41)47(53)35-51-54(52)46-19-9-12-22-50(46)61-51/h1-35H. The Kier molecular flexibility index (Phi) is 8.13. The summed E-state index contributed by atoms with van der Waals surface area (Å²) in [6.45, 7) is 0. The molecule has 3 aromatic heterocycles. The first kappa shape index (κ1) is 34.8. The van der Waals surface area contributed by atoms with Gasteiger partial charge >= 0.3 is 0 Å². The summed E-state index contributed by atoms with van der Waals surface area (Å²) in [5, 5.41) is 6.58. The second kappa shape index (κ2) is 14.3. The van der Waals surface area contributed by atoms with E-state index in [1.54, 1.807) is 0 Å². The number of nitrogens with zero attached hydrogens (tertiary/aromatic N) is 3. The van der Waals surface area contributed by atoms with Crippen LogP contribution in [0.3, 0.4) is 0 Å². The van der Waals surface area contributed by atoms with Crippen LogP contribution in [0.2, 0.25) is 0 Å². The first-order valence-corrected chi connectivity index (χ1v) is 20.6. The smallest absolute Gasteiger partial charge is 0.160 e. The van der Waals surface area contributed by atoms with Crippen molar-refractivity contribution in [1.29, 1.82) is 0 Å². The molecule has 4 heteroatoms. The van der Waals surface area contributed by atoms with Gasteiger partial charge in [-0.2, -0.15) is 0 Å². The summed E-state index contributed by atoms with van der Waals surface area (Å²) in [6.07, 6.45) is 0. The van der Waals surface area contributed by atoms with Gasteiger partial charge in [-0.3, -0.25) is 0 Å². The fraction of sp³-hybridized carbons (Fsp3) is 0. The molecule has 0 bridgehead atoms. The Balaban J connectivity index is 0.953. The molecular formula is C57H35N3O. The van der Waals surface area contributed by atoms with Crippen molar-refractivity contribution in [2.45, 2.75) is 0 Å².